The molecule has 22 heavy (non-hydrogen) atoms. The molecule has 0 aliphatic heterocycles. The summed E-state index contributed by atoms with van der Waals surface area (Å²) >= 11 is 3.55. The van der Waals surface area contributed by atoms with E-state index < -0.39 is 0 Å². The summed E-state index contributed by atoms with van der Waals surface area (Å²) in [4.78, 5) is 4.68. The van der Waals surface area contributed by atoms with Crippen LogP contribution in [0.15, 0.2) is 28.9 Å². The van der Waals surface area contributed by atoms with E-state index in [0.717, 1.165) is 33.3 Å². The van der Waals surface area contributed by atoms with Crippen molar-refractivity contribution >= 4 is 32.5 Å². The van der Waals surface area contributed by atoms with Gasteiger partial charge in [-0.1, -0.05) is 15.9 Å². The van der Waals surface area contributed by atoms with Crippen LogP contribution in [0.4, 0.5) is 5.69 Å². The molecule has 0 saturated carbocycles. The van der Waals surface area contributed by atoms with E-state index in [2.05, 4.69) is 58.2 Å². The first-order chi connectivity index (χ1) is 10.5. The highest BCUT2D eigenvalue weighted by molar-refractivity contribution is 9.10. The Kier molecular flexibility index (Phi) is 3.91. The average molecular weight is 359 g/mol. The predicted octanol–water partition coefficient (Wildman–Crippen LogP) is 4.27. The van der Waals surface area contributed by atoms with E-state index in [-0.39, 0.29) is 0 Å². The molecule has 4 nitrogen and oxygen atoms in total. The third kappa shape index (κ3) is 2.61. The van der Waals surface area contributed by atoms with Crippen LogP contribution in [0.2, 0.25) is 0 Å². The summed E-state index contributed by atoms with van der Waals surface area (Å²) in [6, 6.07) is 6.19. The van der Waals surface area contributed by atoms with Gasteiger partial charge in [-0.25, -0.2) is 0 Å². The molecule has 1 aromatic carbocycles. The number of hydrogen-bond donors (Lipinski definition) is 1. The zero-order valence-corrected chi connectivity index (χ0v) is 14.8. The molecule has 0 saturated heterocycles. The fourth-order valence-corrected chi connectivity index (χ4v) is 2.94. The number of hydrogen-bond acceptors (Lipinski definition) is 3. The number of aromatic nitrogens is 3. The number of anilines is 1. The van der Waals surface area contributed by atoms with Gasteiger partial charge in [0.25, 0.3) is 0 Å². The second kappa shape index (κ2) is 5.72. The Morgan fingerprint density at radius 2 is 2.00 bits per heavy atom. The maximum atomic E-state index is 4.68. The van der Waals surface area contributed by atoms with Gasteiger partial charge in [0, 0.05) is 46.1 Å². The smallest absolute Gasteiger partial charge is 0.0726 e. The fourth-order valence-electron chi connectivity index (χ4n) is 2.58. The second-order valence-corrected chi connectivity index (χ2v) is 6.51. The van der Waals surface area contributed by atoms with Crippen molar-refractivity contribution in [2.75, 3.05) is 5.32 Å². The molecule has 2 aromatic heterocycles. The van der Waals surface area contributed by atoms with Gasteiger partial charge in [-0.15, -0.1) is 0 Å². The van der Waals surface area contributed by atoms with Crippen molar-refractivity contribution < 1.29 is 0 Å². The molecule has 0 aliphatic carbocycles. The Hall–Kier alpha value is -1.88. The van der Waals surface area contributed by atoms with E-state index in [1.54, 1.807) is 0 Å². The zero-order chi connectivity index (χ0) is 15.9. The summed E-state index contributed by atoms with van der Waals surface area (Å²) in [5, 5.41) is 9.02. The van der Waals surface area contributed by atoms with Crippen LogP contribution in [0.1, 0.15) is 22.5 Å². The standard InChI is InChI=1S/C17H19BrN4/c1-10-11(2)21-16-6-5-14(18)7-15(16)17(10)19-8-13-9-20-22(4)12(13)3/h5-7,9H,8H2,1-4H3,(H,19,21). The summed E-state index contributed by atoms with van der Waals surface area (Å²) in [7, 11) is 1.97. The molecule has 0 unspecified atom stereocenters. The van der Waals surface area contributed by atoms with Gasteiger partial charge >= 0.3 is 0 Å². The maximum Gasteiger partial charge on any atom is 0.0726 e. The van der Waals surface area contributed by atoms with E-state index in [1.807, 2.05) is 30.1 Å². The third-order valence-corrected chi connectivity index (χ3v) is 4.72. The van der Waals surface area contributed by atoms with Crippen molar-refractivity contribution in [3.63, 3.8) is 0 Å². The number of nitrogens with one attached hydrogen (secondary N) is 1. The number of nitrogens with zero attached hydrogens (tertiary/aromatic N) is 3. The molecule has 5 heteroatoms. The van der Waals surface area contributed by atoms with Gasteiger partial charge in [-0.2, -0.15) is 5.10 Å². The summed E-state index contributed by atoms with van der Waals surface area (Å²) in [6.07, 6.45) is 1.92. The van der Waals surface area contributed by atoms with Crippen LogP contribution in [0.5, 0.6) is 0 Å². The molecule has 0 spiro atoms. The molecule has 0 bridgehead atoms. The minimum absolute atomic E-state index is 0.756. The SMILES string of the molecule is Cc1nc2ccc(Br)cc2c(NCc2cnn(C)c2C)c1C. The topological polar surface area (TPSA) is 42.7 Å². The monoisotopic (exact) mass is 358 g/mol. The van der Waals surface area contributed by atoms with Crippen LogP contribution >= 0.6 is 15.9 Å². The van der Waals surface area contributed by atoms with Gasteiger partial charge in [0.1, 0.15) is 0 Å². The Balaban J connectivity index is 2.03. The number of benzene rings is 1. The zero-order valence-electron chi connectivity index (χ0n) is 13.2. The Morgan fingerprint density at radius 3 is 2.68 bits per heavy atom. The Labute approximate surface area is 138 Å². The summed E-state index contributed by atoms with van der Waals surface area (Å²) in [5.41, 5.74) is 6.79. The first-order valence-electron chi connectivity index (χ1n) is 7.25. The summed E-state index contributed by atoms with van der Waals surface area (Å²) in [5.74, 6) is 0. The molecular weight excluding hydrogens is 340 g/mol. The molecule has 0 fully saturated rings. The van der Waals surface area contributed by atoms with Crippen LogP contribution in [0.25, 0.3) is 10.9 Å². The van der Waals surface area contributed by atoms with Gasteiger partial charge < -0.3 is 5.32 Å². The first-order valence-corrected chi connectivity index (χ1v) is 8.04. The van der Waals surface area contributed by atoms with Crippen LogP contribution in [0, 0.1) is 20.8 Å². The van der Waals surface area contributed by atoms with Gasteiger partial charge in [0.2, 0.25) is 0 Å². The van der Waals surface area contributed by atoms with Crippen molar-refractivity contribution in [2.45, 2.75) is 27.3 Å². The van der Waals surface area contributed by atoms with Crippen LogP contribution in [-0.4, -0.2) is 14.8 Å². The summed E-state index contributed by atoms with van der Waals surface area (Å²) in [6.45, 7) is 7.01. The molecular formula is C17H19BrN4. The molecule has 1 N–H and O–H groups in total. The average Bonchev–Trinajstić information content (AvgIpc) is 2.80. The van der Waals surface area contributed by atoms with Crippen molar-refractivity contribution in [2.24, 2.45) is 7.05 Å². The number of aryl methyl sites for hydroxylation is 2. The number of halogens is 1. The minimum Gasteiger partial charge on any atom is -0.380 e. The predicted molar refractivity (Wildman–Crippen MR) is 94.2 cm³/mol. The lowest BCUT2D eigenvalue weighted by atomic mass is 10.1. The normalized spacial score (nSPS) is 11.1. The van der Waals surface area contributed by atoms with Gasteiger partial charge in [-0.05, 0) is 44.5 Å². The largest absolute Gasteiger partial charge is 0.380 e. The number of pyridine rings is 1. The van der Waals surface area contributed by atoms with Crippen LogP contribution in [-0.2, 0) is 13.6 Å². The van der Waals surface area contributed by atoms with Crippen molar-refractivity contribution in [1.29, 1.82) is 0 Å². The van der Waals surface area contributed by atoms with Crippen molar-refractivity contribution in [3.8, 4) is 0 Å². The lowest BCUT2D eigenvalue weighted by molar-refractivity contribution is 0.738. The highest BCUT2D eigenvalue weighted by atomic mass is 79.9. The lowest BCUT2D eigenvalue weighted by Gasteiger charge is -2.15. The second-order valence-electron chi connectivity index (χ2n) is 5.59. The van der Waals surface area contributed by atoms with Gasteiger partial charge in [-0.3, -0.25) is 9.67 Å². The van der Waals surface area contributed by atoms with Gasteiger partial charge in [0.15, 0.2) is 0 Å². The molecule has 3 rings (SSSR count). The number of fused-ring (bicyclic) bond motifs is 1. The molecule has 0 radical (unpaired) electrons. The third-order valence-electron chi connectivity index (χ3n) is 4.23. The van der Waals surface area contributed by atoms with E-state index in [9.17, 15) is 0 Å². The van der Waals surface area contributed by atoms with Gasteiger partial charge in [0.05, 0.1) is 11.7 Å². The highest BCUT2D eigenvalue weighted by Gasteiger charge is 2.11. The molecule has 0 atom stereocenters. The molecule has 0 aliphatic rings. The van der Waals surface area contributed by atoms with E-state index in [0.29, 0.717) is 0 Å². The minimum atomic E-state index is 0.756. The number of rotatable bonds is 3. The fraction of sp³-hybridized carbons (Fsp3) is 0.294. The van der Waals surface area contributed by atoms with E-state index >= 15 is 0 Å². The van der Waals surface area contributed by atoms with Crippen molar-refractivity contribution in [3.05, 3.63) is 51.4 Å². The van der Waals surface area contributed by atoms with Crippen molar-refractivity contribution in [1.82, 2.24) is 14.8 Å². The highest BCUT2D eigenvalue weighted by Crippen LogP contribution is 2.30. The maximum absolute atomic E-state index is 4.68. The molecule has 0 amide bonds. The quantitative estimate of drug-likeness (QED) is 0.760. The molecule has 3 aromatic rings. The first kappa shape index (κ1) is 15.0. The molecule has 114 valence electrons. The summed E-state index contributed by atoms with van der Waals surface area (Å²) < 4.78 is 2.96. The van der Waals surface area contributed by atoms with Crippen LogP contribution < -0.4 is 5.32 Å². The van der Waals surface area contributed by atoms with E-state index in [1.165, 1.54) is 16.8 Å². The lowest BCUT2D eigenvalue weighted by Crippen LogP contribution is -2.05. The van der Waals surface area contributed by atoms with E-state index in [4.69, 9.17) is 0 Å². The Bertz CT molecular complexity index is 851. The molecule has 2 heterocycles. The Morgan fingerprint density at radius 1 is 1.23 bits per heavy atom. The van der Waals surface area contributed by atoms with Crippen LogP contribution in [0.3, 0.4) is 0 Å².